The van der Waals surface area contributed by atoms with E-state index in [0.29, 0.717) is 25.9 Å². The molecule has 0 bridgehead atoms. The molecule has 9 nitrogen and oxygen atoms in total. The lowest BCUT2D eigenvalue weighted by molar-refractivity contribution is -0.384. The molecule has 0 unspecified atom stereocenters. The zero-order valence-corrected chi connectivity index (χ0v) is 17.3. The molecule has 0 aliphatic rings. The Morgan fingerprint density at radius 2 is 1.84 bits per heavy atom. The van der Waals surface area contributed by atoms with E-state index in [1.165, 1.54) is 12.1 Å². The minimum absolute atomic E-state index is 0.0415. The number of fused-ring (bicyclic) bond motifs is 1. The topological polar surface area (TPSA) is 115 Å². The van der Waals surface area contributed by atoms with Crippen LogP contribution in [-0.4, -0.2) is 31.9 Å². The summed E-state index contributed by atoms with van der Waals surface area (Å²) in [6, 6.07) is 17.9. The molecule has 0 saturated heterocycles. The highest BCUT2D eigenvalue weighted by atomic mass is 16.6. The smallest absolute Gasteiger partial charge is 0.269 e. The largest absolute Gasteiger partial charge is 0.385 e. The van der Waals surface area contributed by atoms with Gasteiger partial charge in [0, 0.05) is 43.5 Å². The summed E-state index contributed by atoms with van der Waals surface area (Å²) in [6.45, 7) is 1.01. The zero-order chi connectivity index (χ0) is 22.3. The Morgan fingerprint density at radius 3 is 2.59 bits per heavy atom. The van der Waals surface area contributed by atoms with Crippen LogP contribution in [0.4, 0.5) is 11.4 Å². The summed E-state index contributed by atoms with van der Waals surface area (Å²) < 4.78 is 1.93. The minimum Gasteiger partial charge on any atom is -0.385 e. The van der Waals surface area contributed by atoms with Crippen molar-refractivity contribution in [3.05, 3.63) is 88.9 Å². The van der Waals surface area contributed by atoms with Crippen LogP contribution in [0.1, 0.15) is 18.4 Å². The maximum absolute atomic E-state index is 12.1. The van der Waals surface area contributed by atoms with Gasteiger partial charge in [0.25, 0.3) is 5.69 Å². The maximum Gasteiger partial charge on any atom is 0.269 e. The number of nitrogens with one attached hydrogen (secondary N) is 2. The van der Waals surface area contributed by atoms with Gasteiger partial charge in [0.2, 0.25) is 5.91 Å². The average Bonchev–Trinajstić information content (AvgIpc) is 3.25. The summed E-state index contributed by atoms with van der Waals surface area (Å²) in [5.41, 5.74) is 3.65. The fourth-order valence-electron chi connectivity index (χ4n) is 3.28. The van der Waals surface area contributed by atoms with Crippen molar-refractivity contribution in [3.8, 4) is 5.82 Å². The van der Waals surface area contributed by atoms with Crippen molar-refractivity contribution in [2.45, 2.75) is 19.4 Å². The number of non-ortho nitro benzene ring substituents is 1. The standard InChI is InChI=1S/C23H22N6O3/c30-23(6-3-13-24-18-8-10-19(11-9-18)29(31)32)26-15-17-7-12-22(25-14-17)28-16-27-20-4-1-2-5-21(20)28/h1-2,4-5,7-12,14,16,24H,3,6,13,15H2,(H,26,30). The summed E-state index contributed by atoms with van der Waals surface area (Å²) in [4.78, 5) is 31.2. The number of aromatic nitrogens is 3. The molecule has 0 saturated carbocycles. The van der Waals surface area contributed by atoms with Crippen LogP contribution in [0, 0.1) is 10.1 Å². The highest BCUT2D eigenvalue weighted by Crippen LogP contribution is 2.17. The molecule has 4 rings (SSSR count). The van der Waals surface area contributed by atoms with Gasteiger partial charge in [0.1, 0.15) is 12.1 Å². The van der Waals surface area contributed by atoms with Gasteiger partial charge in [-0.3, -0.25) is 19.5 Å². The van der Waals surface area contributed by atoms with Gasteiger partial charge in [-0.25, -0.2) is 9.97 Å². The summed E-state index contributed by atoms with van der Waals surface area (Å²) in [5.74, 6) is 0.728. The third-order valence-corrected chi connectivity index (χ3v) is 4.99. The van der Waals surface area contributed by atoms with E-state index in [0.717, 1.165) is 28.1 Å². The van der Waals surface area contributed by atoms with Gasteiger partial charge in [0.15, 0.2) is 0 Å². The van der Waals surface area contributed by atoms with E-state index in [-0.39, 0.29) is 11.6 Å². The molecular weight excluding hydrogens is 408 g/mol. The molecule has 2 heterocycles. The van der Waals surface area contributed by atoms with Gasteiger partial charge in [-0.15, -0.1) is 0 Å². The Morgan fingerprint density at radius 1 is 1.03 bits per heavy atom. The third-order valence-electron chi connectivity index (χ3n) is 4.99. The lowest BCUT2D eigenvalue weighted by Crippen LogP contribution is -2.23. The number of para-hydroxylation sites is 2. The van der Waals surface area contributed by atoms with Crippen LogP contribution < -0.4 is 10.6 Å². The SMILES string of the molecule is O=C(CCCNc1ccc([N+](=O)[O-])cc1)NCc1ccc(-n2cnc3ccccc32)nc1. The molecule has 0 spiro atoms. The van der Waals surface area contributed by atoms with Gasteiger partial charge in [-0.2, -0.15) is 0 Å². The number of imidazole rings is 1. The number of nitro groups is 1. The minimum atomic E-state index is -0.434. The summed E-state index contributed by atoms with van der Waals surface area (Å²) in [7, 11) is 0. The van der Waals surface area contributed by atoms with Crippen molar-refractivity contribution in [2.75, 3.05) is 11.9 Å². The van der Waals surface area contributed by atoms with E-state index < -0.39 is 4.92 Å². The van der Waals surface area contributed by atoms with E-state index in [1.807, 2.05) is 41.0 Å². The van der Waals surface area contributed by atoms with Crippen LogP contribution in [0.25, 0.3) is 16.9 Å². The fourth-order valence-corrected chi connectivity index (χ4v) is 3.28. The maximum atomic E-state index is 12.1. The molecule has 32 heavy (non-hydrogen) atoms. The molecule has 0 atom stereocenters. The number of amides is 1. The van der Waals surface area contributed by atoms with E-state index in [1.54, 1.807) is 24.7 Å². The van der Waals surface area contributed by atoms with Gasteiger partial charge in [0.05, 0.1) is 16.0 Å². The second-order valence-corrected chi connectivity index (χ2v) is 7.24. The van der Waals surface area contributed by atoms with Gasteiger partial charge in [-0.05, 0) is 42.3 Å². The van der Waals surface area contributed by atoms with Crippen LogP contribution in [0.15, 0.2) is 73.2 Å². The van der Waals surface area contributed by atoms with Crippen molar-refractivity contribution in [3.63, 3.8) is 0 Å². The van der Waals surface area contributed by atoms with Crippen molar-refractivity contribution < 1.29 is 9.72 Å². The summed E-state index contributed by atoms with van der Waals surface area (Å²) >= 11 is 0. The number of nitrogens with zero attached hydrogens (tertiary/aromatic N) is 4. The van der Waals surface area contributed by atoms with Gasteiger partial charge < -0.3 is 10.6 Å². The molecule has 4 aromatic rings. The second kappa shape index (κ2) is 9.69. The Bertz CT molecular complexity index is 1220. The second-order valence-electron chi connectivity index (χ2n) is 7.24. The predicted octanol–water partition coefficient (Wildman–Crippen LogP) is 3.84. The summed E-state index contributed by atoms with van der Waals surface area (Å²) in [5, 5.41) is 16.7. The number of rotatable bonds is 9. The van der Waals surface area contributed by atoms with Crippen molar-refractivity contribution in [1.82, 2.24) is 19.9 Å². The Labute approximate surface area is 184 Å². The van der Waals surface area contributed by atoms with E-state index in [4.69, 9.17) is 0 Å². The zero-order valence-electron chi connectivity index (χ0n) is 17.3. The molecular formula is C23H22N6O3. The molecule has 9 heteroatoms. The van der Waals surface area contributed by atoms with Crippen LogP contribution in [0.2, 0.25) is 0 Å². The molecule has 0 radical (unpaired) electrons. The number of hydrogen-bond donors (Lipinski definition) is 2. The quantitative estimate of drug-likeness (QED) is 0.237. The first-order valence-corrected chi connectivity index (χ1v) is 10.2. The third kappa shape index (κ3) is 5.07. The monoisotopic (exact) mass is 430 g/mol. The first-order valence-electron chi connectivity index (χ1n) is 10.2. The number of benzene rings is 2. The van der Waals surface area contributed by atoms with Crippen LogP contribution in [0.3, 0.4) is 0 Å². The lowest BCUT2D eigenvalue weighted by atomic mass is 10.2. The first-order chi connectivity index (χ1) is 15.6. The molecule has 2 aromatic heterocycles. The molecule has 162 valence electrons. The highest BCUT2D eigenvalue weighted by Gasteiger charge is 2.07. The number of carbonyl (C=O) groups is 1. The number of pyridine rings is 1. The lowest BCUT2D eigenvalue weighted by Gasteiger charge is -2.08. The van der Waals surface area contributed by atoms with Crippen molar-refractivity contribution in [2.24, 2.45) is 0 Å². The molecule has 1 amide bonds. The van der Waals surface area contributed by atoms with Crippen LogP contribution in [0.5, 0.6) is 0 Å². The van der Waals surface area contributed by atoms with E-state index in [9.17, 15) is 14.9 Å². The number of nitro benzene ring substituents is 1. The van der Waals surface area contributed by atoms with Crippen molar-refractivity contribution >= 4 is 28.3 Å². The van der Waals surface area contributed by atoms with E-state index >= 15 is 0 Å². The van der Waals surface area contributed by atoms with Crippen molar-refractivity contribution in [1.29, 1.82) is 0 Å². The highest BCUT2D eigenvalue weighted by molar-refractivity contribution is 5.77. The average molecular weight is 430 g/mol. The Kier molecular flexibility index (Phi) is 6.35. The molecule has 2 N–H and O–H groups in total. The van der Waals surface area contributed by atoms with Crippen LogP contribution >= 0.6 is 0 Å². The summed E-state index contributed by atoms with van der Waals surface area (Å²) in [6.07, 6.45) is 4.53. The Balaban J connectivity index is 1.21. The van der Waals surface area contributed by atoms with E-state index in [2.05, 4.69) is 20.6 Å². The van der Waals surface area contributed by atoms with Gasteiger partial charge in [-0.1, -0.05) is 18.2 Å². The predicted molar refractivity (Wildman–Crippen MR) is 122 cm³/mol. The normalized spacial score (nSPS) is 10.8. The number of anilines is 1. The Hall–Kier alpha value is -4.27. The molecule has 0 aliphatic heterocycles. The molecule has 0 aliphatic carbocycles. The molecule has 0 fully saturated rings. The van der Waals surface area contributed by atoms with Crippen LogP contribution in [-0.2, 0) is 11.3 Å². The number of hydrogen-bond acceptors (Lipinski definition) is 6. The van der Waals surface area contributed by atoms with Gasteiger partial charge >= 0.3 is 0 Å². The molecule has 2 aromatic carbocycles. The fraction of sp³-hybridized carbons (Fsp3) is 0.174. The first kappa shape index (κ1) is 21.0. The number of carbonyl (C=O) groups excluding carboxylic acids is 1.